The average Bonchev–Trinajstić information content (AvgIpc) is 3.19. The molecule has 5 nitrogen and oxygen atoms in total. The van der Waals surface area contributed by atoms with E-state index in [2.05, 4.69) is 18.3 Å². The first kappa shape index (κ1) is 23.5. The molecule has 1 heterocycles. The number of carbonyl (C=O) groups excluding carboxylic acids is 2. The fourth-order valence-electron chi connectivity index (χ4n) is 3.45. The summed E-state index contributed by atoms with van der Waals surface area (Å²) in [5.74, 6) is -0.0975. The van der Waals surface area contributed by atoms with Crippen LogP contribution in [0.4, 0.5) is 5.00 Å². The van der Waals surface area contributed by atoms with Gasteiger partial charge in [-0.3, -0.25) is 4.79 Å². The summed E-state index contributed by atoms with van der Waals surface area (Å²) in [7, 11) is 0. The van der Waals surface area contributed by atoms with Crippen molar-refractivity contribution in [3.63, 3.8) is 0 Å². The molecule has 168 valence electrons. The molecule has 0 aliphatic heterocycles. The number of anilines is 1. The Bertz CT molecular complexity index is 1120. The highest BCUT2D eigenvalue weighted by molar-refractivity contribution is 7.15. The van der Waals surface area contributed by atoms with E-state index in [0.29, 0.717) is 16.3 Å². The molecule has 0 aliphatic carbocycles. The minimum Gasteiger partial charge on any atom is -0.483 e. The topological polar surface area (TPSA) is 64.6 Å². The maximum atomic E-state index is 12.7. The number of ether oxygens (including phenoxy) is 2. The van der Waals surface area contributed by atoms with Crippen LogP contribution in [-0.2, 0) is 16.0 Å². The van der Waals surface area contributed by atoms with Crippen molar-refractivity contribution in [2.24, 2.45) is 0 Å². The van der Waals surface area contributed by atoms with E-state index in [1.165, 1.54) is 16.9 Å². The first-order chi connectivity index (χ1) is 15.3. The molecular formula is C26H29NO4S. The Labute approximate surface area is 193 Å². The third kappa shape index (κ3) is 5.37. The zero-order chi connectivity index (χ0) is 23.3. The van der Waals surface area contributed by atoms with Crippen LogP contribution in [0, 0.1) is 20.8 Å². The smallest absolute Gasteiger partial charge is 0.341 e. The van der Waals surface area contributed by atoms with Crippen molar-refractivity contribution < 1.29 is 19.1 Å². The van der Waals surface area contributed by atoms with Crippen LogP contribution in [0.15, 0.2) is 41.8 Å². The molecule has 1 aromatic heterocycles. The Kier molecular flexibility index (Phi) is 7.70. The number of nitrogens with one attached hydrogen (secondary N) is 1. The molecule has 0 saturated heterocycles. The first-order valence-electron chi connectivity index (χ1n) is 10.7. The molecule has 3 aromatic rings. The molecule has 6 heteroatoms. The van der Waals surface area contributed by atoms with Gasteiger partial charge in [-0.1, -0.05) is 37.3 Å². The number of hydrogen-bond acceptors (Lipinski definition) is 5. The molecule has 0 saturated carbocycles. The zero-order valence-electron chi connectivity index (χ0n) is 19.2. The van der Waals surface area contributed by atoms with Gasteiger partial charge in [0.25, 0.3) is 5.91 Å². The first-order valence-corrected chi connectivity index (χ1v) is 11.6. The van der Waals surface area contributed by atoms with Crippen LogP contribution in [0.3, 0.4) is 0 Å². The fraction of sp³-hybridized carbons (Fsp3) is 0.308. The van der Waals surface area contributed by atoms with Crippen molar-refractivity contribution in [2.45, 2.75) is 41.0 Å². The minimum absolute atomic E-state index is 0.148. The maximum absolute atomic E-state index is 12.7. The molecule has 0 atom stereocenters. The van der Waals surface area contributed by atoms with Crippen LogP contribution in [0.2, 0.25) is 0 Å². The summed E-state index contributed by atoms with van der Waals surface area (Å²) in [5.41, 5.74) is 6.43. The second-order valence-electron chi connectivity index (χ2n) is 7.67. The normalized spacial score (nSPS) is 10.7. The van der Waals surface area contributed by atoms with E-state index in [1.54, 1.807) is 6.92 Å². The Morgan fingerprint density at radius 1 is 1.03 bits per heavy atom. The van der Waals surface area contributed by atoms with Crippen molar-refractivity contribution in [2.75, 3.05) is 18.5 Å². The number of carbonyl (C=O) groups is 2. The number of benzene rings is 2. The van der Waals surface area contributed by atoms with E-state index in [9.17, 15) is 9.59 Å². The molecule has 32 heavy (non-hydrogen) atoms. The summed E-state index contributed by atoms with van der Waals surface area (Å²) in [6.45, 7) is 9.94. The van der Waals surface area contributed by atoms with Gasteiger partial charge in [0.1, 0.15) is 16.3 Å². The van der Waals surface area contributed by atoms with Crippen molar-refractivity contribution >= 4 is 28.2 Å². The lowest BCUT2D eigenvalue weighted by Crippen LogP contribution is -2.21. The van der Waals surface area contributed by atoms with Gasteiger partial charge in [-0.2, -0.15) is 0 Å². The van der Waals surface area contributed by atoms with Gasteiger partial charge in [-0.05, 0) is 68.0 Å². The Morgan fingerprint density at radius 3 is 2.41 bits per heavy atom. The lowest BCUT2D eigenvalue weighted by Gasteiger charge is -2.13. The minimum atomic E-state index is -0.454. The van der Waals surface area contributed by atoms with Gasteiger partial charge in [-0.15, -0.1) is 11.3 Å². The van der Waals surface area contributed by atoms with E-state index in [4.69, 9.17) is 9.47 Å². The standard InChI is InChI=1S/C26H29NO4S/c1-6-19-8-10-20(11-9-19)21-15-32-25(24(21)26(29)30-7-2)27-23(28)14-31-22-13-16(3)12-17(4)18(22)5/h8-13,15H,6-7,14H2,1-5H3,(H,27,28). The second kappa shape index (κ2) is 10.5. The molecule has 1 amide bonds. The van der Waals surface area contributed by atoms with Gasteiger partial charge >= 0.3 is 5.97 Å². The fourth-order valence-corrected chi connectivity index (χ4v) is 4.42. The van der Waals surface area contributed by atoms with Gasteiger partial charge in [-0.25, -0.2) is 4.79 Å². The summed E-state index contributed by atoms with van der Waals surface area (Å²) in [6.07, 6.45) is 0.940. The number of aryl methyl sites for hydroxylation is 3. The zero-order valence-corrected chi connectivity index (χ0v) is 20.0. The van der Waals surface area contributed by atoms with E-state index in [0.717, 1.165) is 34.2 Å². The summed E-state index contributed by atoms with van der Waals surface area (Å²) < 4.78 is 11.0. The van der Waals surface area contributed by atoms with Crippen molar-refractivity contribution in [3.8, 4) is 16.9 Å². The second-order valence-corrected chi connectivity index (χ2v) is 8.55. The van der Waals surface area contributed by atoms with Crippen molar-refractivity contribution in [3.05, 3.63) is 69.6 Å². The summed E-state index contributed by atoms with van der Waals surface area (Å²) in [5, 5.41) is 5.17. The average molecular weight is 452 g/mol. The number of esters is 1. The van der Waals surface area contributed by atoms with E-state index in [1.807, 2.05) is 56.5 Å². The molecule has 0 spiro atoms. The SMILES string of the molecule is CCOC(=O)c1c(-c2ccc(CC)cc2)csc1NC(=O)COc1cc(C)cc(C)c1C. The van der Waals surface area contributed by atoms with Crippen LogP contribution < -0.4 is 10.1 Å². The lowest BCUT2D eigenvalue weighted by molar-refractivity contribution is -0.118. The van der Waals surface area contributed by atoms with Crippen LogP contribution in [0.5, 0.6) is 5.75 Å². The molecule has 0 radical (unpaired) electrons. The van der Waals surface area contributed by atoms with Crippen LogP contribution in [-0.4, -0.2) is 25.1 Å². The van der Waals surface area contributed by atoms with Gasteiger partial charge in [0.15, 0.2) is 6.61 Å². The van der Waals surface area contributed by atoms with Crippen molar-refractivity contribution in [1.29, 1.82) is 0 Å². The number of amides is 1. The van der Waals surface area contributed by atoms with Crippen molar-refractivity contribution in [1.82, 2.24) is 0 Å². The predicted molar refractivity (Wildman–Crippen MR) is 130 cm³/mol. The highest BCUT2D eigenvalue weighted by atomic mass is 32.1. The highest BCUT2D eigenvalue weighted by Gasteiger charge is 2.23. The molecule has 1 N–H and O–H groups in total. The van der Waals surface area contributed by atoms with Gasteiger partial charge < -0.3 is 14.8 Å². The molecule has 0 bridgehead atoms. The maximum Gasteiger partial charge on any atom is 0.341 e. The van der Waals surface area contributed by atoms with Crippen LogP contribution in [0.25, 0.3) is 11.1 Å². The van der Waals surface area contributed by atoms with E-state index >= 15 is 0 Å². The monoisotopic (exact) mass is 451 g/mol. The van der Waals surface area contributed by atoms with Crippen LogP contribution in [0.1, 0.15) is 46.5 Å². The van der Waals surface area contributed by atoms with E-state index in [-0.39, 0.29) is 19.1 Å². The molecule has 0 unspecified atom stereocenters. The molecule has 2 aromatic carbocycles. The van der Waals surface area contributed by atoms with Gasteiger partial charge in [0.05, 0.1) is 6.61 Å². The largest absolute Gasteiger partial charge is 0.483 e. The number of hydrogen-bond donors (Lipinski definition) is 1. The Balaban J connectivity index is 1.81. The number of rotatable bonds is 8. The molecule has 0 aliphatic rings. The summed E-state index contributed by atoms with van der Waals surface area (Å²) in [6, 6.07) is 12.1. The number of thiophene rings is 1. The van der Waals surface area contributed by atoms with E-state index < -0.39 is 5.97 Å². The third-order valence-electron chi connectivity index (χ3n) is 5.32. The Hall–Kier alpha value is -3.12. The van der Waals surface area contributed by atoms with Gasteiger partial charge in [0, 0.05) is 10.9 Å². The summed E-state index contributed by atoms with van der Waals surface area (Å²) in [4.78, 5) is 25.4. The Morgan fingerprint density at radius 2 is 1.75 bits per heavy atom. The third-order valence-corrected chi connectivity index (χ3v) is 6.21. The van der Waals surface area contributed by atoms with Gasteiger partial charge in [0.2, 0.25) is 0 Å². The quantitative estimate of drug-likeness (QED) is 0.421. The predicted octanol–water partition coefficient (Wildman–Crippen LogP) is 6.10. The highest BCUT2D eigenvalue weighted by Crippen LogP contribution is 2.36. The molecule has 3 rings (SSSR count). The molecular weight excluding hydrogens is 422 g/mol. The lowest BCUT2D eigenvalue weighted by atomic mass is 10.0. The summed E-state index contributed by atoms with van der Waals surface area (Å²) >= 11 is 1.30. The molecule has 0 fully saturated rings. The van der Waals surface area contributed by atoms with Crippen LogP contribution >= 0.6 is 11.3 Å².